The molecule has 0 aromatic rings. The second-order valence-corrected chi connectivity index (χ2v) is 3.05. The number of halogens is 2. The van der Waals surface area contributed by atoms with Crippen molar-refractivity contribution in [1.29, 1.82) is 0 Å². The number of rotatable bonds is 4. The predicted octanol–water partition coefficient (Wildman–Crippen LogP) is -3.59. The maximum atomic E-state index is 2.77. The van der Waals surface area contributed by atoms with Crippen molar-refractivity contribution in [3.05, 3.63) is 0 Å². The van der Waals surface area contributed by atoms with Crippen LogP contribution in [-0.2, 0) is 0 Å². The van der Waals surface area contributed by atoms with Gasteiger partial charge < -0.3 is 34.0 Å². The molecule has 0 rings (SSSR count). The Labute approximate surface area is 94.1 Å². The van der Waals surface area contributed by atoms with Crippen LogP contribution in [0.3, 0.4) is 0 Å². The molecule has 3 heteroatoms. The zero-order valence-corrected chi connectivity index (χ0v) is 11.1. The van der Waals surface area contributed by atoms with Crippen molar-refractivity contribution in [2.24, 2.45) is 5.92 Å². The summed E-state index contributed by atoms with van der Waals surface area (Å²) in [5.74, 6) is 0.942. The minimum absolute atomic E-state index is 0. The molecule has 60 valence electrons. The average Bonchev–Trinajstić information content (AvgIpc) is 1.68. The van der Waals surface area contributed by atoms with Crippen molar-refractivity contribution in [1.82, 2.24) is 0 Å². The smallest absolute Gasteiger partial charge is 1.00 e. The normalized spacial score (nSPS) is 11.2. The van der Waals surface area contributed by atoms with Gasteiger partial charge in [0.2, 0.25) is 0 Å². The van der Waals surface area contributed by atoms with Crippen LogP contribution in [0.2, 0.25) is 5.28 Å². The molecule has 0 heterocycles. The van der Waals surface area contributed by atoms with Gasteiger partial charge in [-0.15, -0.1) is 0 Å². The van der Waals surface area contributed by atoms with Gasteiger partial charge in [0.05, 0.1) is 0 Å². The fourth-order valence-corrected chi connectivity index (χ4v) is 1.49. The first kappa shape index (κ1) is 17.5. The van der Waals surface area contributed by atoms with Gasteiger partial charge in [-0.2, -0.15) is 0 Å². The van der Waals surface area contributed by atoms with Crippen LogP contribution in [0.5, 0.6) is 0 Å². The third-order valence-electron chi connectivity index (χ3n) is 1.44. The summed E-state index contributed by atoms with van der Waals surface area (Å²) in [6.45, 7) is 4.58. The fourth-order valence-electron chi connectivity index (χ4n) is 0.922. The summed E-state index contributed by atoms with van der Waals surface area (Å²) < 4.78 is 0. The molecule has 0 aliphatic heterocycles. The van der Waals surface area contributed by atoms with Crippen molar-refractivity contribution in [2.75, 3.05) is 0 Å². The van der Waals surface area contributed by atoms with Crippen LogP contribution in [-0.4, -0.2) is 16.3 Å². The van der Waals surface area contributed by atoms with Crippen molar-refractivity contribution >= 4 is 16.3 Å². The molecule has 0 radical (unpaired) electrons. The summed E-state index contributed by atoms with van der Waals surface area (Å²) in [5, 5.41) is 1.27. The molecule has 0 aliphatic rings. The van der Waals surface area contributed by atoms with E-state index in [1.54, 1.807) is 0 Å². The molecular formula is C7H15AlBr2. The van der Waals surface area contributed by atoms with Gasteiger partial charge in [-0.25, -0.2) is 0 Å². The van der Waals surface area contributed by atoms with E-state index in [4.69, 9.17) is 0 Å². The van der Waals surface area contributed by atoms with Crippen molar-refractivity contribution in [2.45, 2.75) is 38.4 Å². The summed E-state index contributed by atoms with van der Waals surface area (Å²) in [5.41, 5.74) is 0. The maximum Gasteiger partial charge on any atom is -1.00 e. The van der Waals surface area contributed by atoms with Gasteiger partial charge in [0.25, 0.3) is 0 Å². The molecule has 0 aromatic heterocycles. The molecule has 0 N–H and O–H groups in total. The molecule has 0 bridgehead atoms. The fraction of sp³-hybridized carbons (Fsp3) is 1.00. The predicted molar refractivity (Wildman–Crippen MR) is 39.3 cm³/mol. The summed E-state index contributed by atoms with van der Waals surface area (Å²) in [6.07, 6.45) is 4.11. The Morgan fingerprint density at radius 2 is 1.70 bits per heavy atom. The first-order chi connectivity index (χ1) is 3.81. The van der Waals surface area contributed by atoms with E-state index >= 15 is 0 Å². The Hall–Kier alpha value is 1.49. The van der Waals surface area contributed by atoms with E-state index in [1.807, 2.05) is 0 Å². The van der Waals surface area contributed by atoms with Gasteiger partial charge in [-0.05, 0) is 0 Å². The topological polar surface area (TPSA) is 0 Å². The Kier molecular flexibility index (Phi) is 23.0. The quantitative estimate of drug-likeness (QED) is 0.469. The largest absolute Gasteiger partial charge is 1.00 e. The van der Waals surface area contributed by atoms with Crippen LogP contribution in [0.25, 0.3) is 0 Å². The molecule has 1 unspecified atom stereocenters. The van der Waals surface area contributed by atoms with E-state index in [0.29, 0.717) is 0 Å². The summed E-state index contributed by atoms with van der Waals surface area (Å²) in [6, 6.07) is 0. The third kappa shape index (κ3) is 12.2. The maximum absolute atomic E-state index is 2.77. The SMILES string of the molecule is CCCC(C)C[CH2][Al+2].[Br-].[Br-]. The molecule has 0 saturated heterocycles. The molecule has 0 nitrogen and oxygen atoms in total. The molecular weight excluding hydrogens is 271 g/mol. The molecule has 0 aromatic carbocycles. The number of hydrogen-bond donors (Lipinski definition) is 0. The second-order valence-electron chi connectivity index (χ2n) is 2.47. The molecule has 10 heavy (non-hydrogen) atoms. The Morgan fingerprint density at radius 1 is 1.20 bits per heavy atom. The van der Waals surface area contributed by atoms with Crippen molar-refractivity contribution in [3.63, 3.8) is 0 Å². The van der Waals surface area contributed by atoms with Gasteiger partial charge in [0.1, 0.15) is 0 Å². The number of hydrogen-bond acceptors (Lipinski definition) is 0. The van der Waals surface area contributed by atoms with Gasteiger partial charge in [-0.1, -0.05) is 0 Å². The van der Waals surface area contributed by atoms with Gasteiger partial charge in [0, 0.05) is 0 Å². The van der Waals surface area contributed by atoms with E-state index in [9.17, 15) is 0 Å². The van der Waals surface area contributed by atoms with Gasteiger partial charge >= 0.3 is 60.6 Å². The van der Waals surface area contributed by atoms with Crippen LogP contribution in [0.1, 0.15) is 33.1 Å². The van der Waals surface area contributed by atoms with E-state index in [-0.39, 0.29) is 34.0 Å². The van der Waals surface area contributed by atoms with Crippen LogP contribution >= 0.6 is 0 Å². The van der Waals surface area contributed by atoms with Crippen LogP contribution < -0.4 is 34.0 Å². The molecule has 0 spiro atoms. The van der Waals surface area contributed by atoms with Crippen LogP contribution in [0, 0.1) is 5.92 Å². The van der Waals surface area contributed by atoms with Gasteiger partial charge in [-0.3, -0.25) is 0 Å². The van der Waals surface area contributed by atoms with Crippen molar-refractivity contribution in [3.8, 4) is 0 Å². The average molecular weight is 286 g/mol. The van der Waals surface area contributed by atoms with E-state index < -0.39 is 0 Å². The van der Waals surface area contributed by atoms with Crippen LogP contribution in [0.4, 0.5) is 0 Å². The Balaban J connectivity index is -0.000000245. The first-order valence-corrected chi connectivity index (χ1v) is 4.33. The molecule has 0 fully saturated rings. The Morgan fingerprint density at radius 3 is 2.00 bits per heavy atom. The summed E-state index contributed by atoms with van der Waals surface area (Å²) in [4.78, 5) is 0. The van der Waals surface area contributed by atoms with Gasteiger partial charge in [0.15, 0.2) is 0 Å². The molecule has 0 aliphatic carbocycles. The minimum atomic E-state index is 0. The Bertz CT molecular complexity index is 44.9. The van der Waals surface area contributed by atoms with Crippen LogP contribution in [0.15, 0.2) is 0 Å². The van der Waals surface area contributed by atoms with E-state index in [0.717, 1.165) is 5.92 Å². The minimum Gasteiger partial charge on any atom is -1.00 e. The zero-order chi connectivity index (χ0) is 6.41. The zero-order valence-electron chi connectivity index (χ0n) is 6.74. The molecule has 0 saturated carbocycles. The molecule has 1 atom stereocenters. The van der Waals surface area contributed by atoms with E-state index in [1.165, 1.54) is 24.5 Å². The standard InChI is InChI=1S/C7H15.Al.2BrH/c1-4-6-7(3)5-2;;;/h7H,2,4-6H2,1,3H3;;2*1H/q;+2;;/p-2. The third-order valence-corrected chi connectivity index (χ3v) is 1.77. The summed E-state index contributed by atoms with van der Waals surface area (Å²) >= 11 is 2.77. The second kappa shape index (κ2) is 13.1. The van der Waals surface area contributed by atoms with Crippen molar-refractivity contribution < 1.29 is 34.0 Å². The molecule has 0 amide bonds. The summed E-state index contributed by atoms with van der Waals surface area (Å²) in [7, 11) is 0. The monoisotopic (exact) mass is 284 g/mol. The first-order valence-electron chi connectivity index (χ1n) is 3.51. The van der Waals surface area contributed by atoms with E-state index in [2.05, 4.69) is 30.1 Å².